The first kappa shape index (κ1) is 18.6. The van der Waals surface area contributed by atoms with Crippen molar-refractivity contribution in [1.29, 1.82) is 0 Å². The van der Waals surface area contributed by atoms with Crippen LogP contribution in [0.15, 0.2) is 18.2 Å². The maximum atomic E-state index is 13.5. The molecular weight excluding hydrogens is 316 g/mol. The Labute approximate surface area is 141 Å². The summed E-state index contributed by atoms with van der Waals surface area (Å²) in [7, 11) is 0. The van der Waals surface area contributed by atoms with Gasteiger partial charge in [-0.1, -0.05) is 19.4 Å². The number of aliphatic hydroxyl groups excluding tert-OH is 1. The zero-order chi connectivity index (χ0) is 17.7. The third-order valence-electron chi connectivity index (χ3n) is 4.69. The van der Waals surface area contributed by atoms with Crippen LogP contribution in [0, 0.1) is 17.6 Å². The molecule has 0 saturated carbocycles. The van der Waals surface area contributed by atoms with Crippen LogP contribution in [0.25, 0.3) is 0 Å². The summed E-state index contributed by atoms with van der Waals surface area (Å²) in [6.45, 7) is 4.52. The van der Waals surface area contributed by atoms with Gasteiger partial charge in [-0.3, -0.25) is 0 Å². The average Bonchev–Trinajstić information content (AvgIpc) is 2.57. The number of ether oxygens (including phenoxy) is 1. The molecule has 1 N–H and O–H groups in total. The highest BCUT2D eigenvalue weighted by Gasteiger charge is 2.37. The predicted molar refractivity (Wildman–Crippen MR) is 86.7 cm³/mol. The number of nitrogens with zero attached hydrogens (tertiary/aromatic N) is 1. The zero-order valence-electron chi connectivity index (χ0n) is 14.2. The van der Waals surface area contributed by atoms with Crippen molar-refractivity contribution < 1.29 is 23.4 Å². The Morgan fingerprint density at radius 3 is 2.75 bits per heavy atom. The Hall–Kier alpha value is -1.69. The number of hydrogen-bond acceptors (Lipinski definition) is 3. The van der Waals surface area contributed by atoms with Gasteiger partial charge in [-0.2, -0.15) is 0 Å². The number of piperidine rings is 1. The second-order valence-corrected chi connectivity index (χ2v) is 6.43. The molecule has 0 radical (unpaired) electrons. The van der Waals surface area contributed by atoms with Crippen LogP contribution in [-0.4, -0.2) is 41.9 Å². The van der Waals surface area contributed by atoms with Gasteiger partial charge in [-0.25, -0.2) is 13.6 Å². The van der Waals surface area contributed by atoms with E-state index in [1.54, 1.807) is 11.0 Å². The molecule has 0 unspecified atom stereocenters. The van der Waals surface area contributed by atoms with E-state index in [0.29, 0.717) is 25.1 Å². The van der Waals surface area contributed by atoms with E-state index in [1.165, 1.54) is 6.07 Å². The molecule has 3 atom stereocenters. The molecule has 2 rings (SSSR count). The molecule has 1 aliphatic heterocycles. The minimum Gasteiger partial charge on any atom is -0.449 e. The second kappa shape index (κ2) is 8.42. The van der Waals surface area contributed by atoms with Crippen LogP contribution in [0.1, 0.15) is 44.6 Å². The van der Waals surface area contributed by atoms with Crippen molar-refractivity contribution in [2.75, 3.05) is 19.8 Å². The molecule has 6 heteroatoms. The van der Waals surface area contributed by atoms with Gasteiger partial charge in [0.15, 0.2) is 11.6 Å². The highest BCUT2D eigenvalue weighted by molar-refractivity contribution is 5.68. The van der Waals surface area contributed by atoms with Crippen molar-refractivity contribution in [2.24, 2.45) is 5.92 Å². The molecule has 4 nitrogen and oxygen atoms in total. The van der Waals surface area contributed by atoms with Crippen molar-refractivity contribution in [3.8, 4) is 0 Å². The Kier molecular flexibility index (Phi) is 6.54. The first-order valence-corrected chi connectivity index (χ1v) is 8.47. The molecule has 1 aromatic rings. The third-order valence-corrected chi connectivity index (χ3v) is 4.69. The van der Waals surface area contributed by atoms with Gasteiger partial charge in [0.1, 0.15) is 0 Å². The van der Waals surface area contributed by atoms with Gasteiger partial charge in [0, 0.05) is 25.1 Å². The lowest BCUT2D eigenvalue weighted by atomic mass is 9.78. The highest BCUT2D eigenvalue weighted by atomic mass is 19.2. The van der Waals surface area contributed by atoms with Gasteiger partial charge in [0.05, 0.1) is 6.61 Å². The Balaban J connectivity index is 2.10. The molecular formula is C18H25F2NO3. The number of hydrogen-bond donors (Lipinski definition) is 1. The molecule has 1 aliphatic rings. The van der Waals surface area contributed by atoms with Crippen LogP contribution in [0.5, 0.6) is 0 Å². The molecule has 1 fully saturated rings. The van der Waals surface area contributed by atoms with Crippen LogP contribution >= 0.6 is 0 Å². The van der Waals surface area contributed by atoms with E-state index in [-0.39, 0.29) is 30.6 Å². The Morgan fingerprint density at radius 1 is 1.38 bits per heavy atom. The predicted octanol–water partition coefficient (Wildman–Crippen LogP) is 3.69. The summed E-state index contributed by atoms with van der Waals surface area (Å²) in [6, 6.07) is 3.74. The molecule has 1 saturated heterocycles. The van der Waals surface area contributed by atoms with Gasteiger partial charge < -0.3 is 14.7 Å². The number of carbonyl (C=O) groups is 1. The number of unbranched alkanes of at least 4 members (excludes halogenated alkanes) is 1. The molecule has 0 spiro atoms. The topological polar surface area (TPSA) is 49.8 Å². The molecule has 134 valence electrons. The number of benzene rings is 1. The molecule has 1 amide bonds. The molecule has 1 aromatic carbocycles. The van der Waals surface area contributed by atoms with E-state index in [9.17, 15) is 18.7 Å². The number of rotatable bonds is 5. The van der Waals surface area contributed by atoms with E-state index < -0.39 is 11.6 Å². The van der Waals surface area contributed by atoms with Crippen molar-refractivity contribution in [1.82, 2.24) is 4.90 Å². The number of halogens is 2. The fourth-order valence-electron chi connectivity index (χ4n) is 3.22. The van der Waals surface area contributed by atoms with Crippen LogP contribution in [0.3, 0.4) is 0 Å². The Morgan fingerprint density at radius 2 is 2.12 bits per heavy atom. The van der Waals surface area contributed by atoms with Gasteiger partial charge >= 0.3 is 6.09 Å². The summed E-state index contributed by atoms with van der Waals surface area (Å²) in [6.07, 6.45) is 1.95. The van der Waals surface area contributed by atoms with E-state index >= 15 is 0 Å². The molecule has 0 aromatic heterocycles. The van der Waals surface area contributed by atoms with E-state index in [2.05, 4.69) is 0 Å². The minimum atomic E-state index is -0.891. The average molecular weight is 341 g/mol. The monoisotopic (exact) mass is 341 g/mol. The van der Waals surface area contributed by atoms with Crippen LogP contribution < -0.4 is 0 Å². The molecule has 1 heterocycles. The van der Waals surface area contributed by atoms with Gasteiger partial charge in [-0.15, -0.1) is 0 Å². The Bertz CT molecular complexity index is 567. The van der Waals surface area contributed by atoms with E-state index in [0.717, 1.165) is 18.9 Å². The summed E-state index contributed by atoms with van der Waals surface area (Å²) in [5.74, 6) is -2.13. The smallest absolute Gasteiger partial charge is 0.410 e. The standard InChI is InChI=1S/C18H25F2NO3/c1-3-4-7-24-18(23)21-10-14(11-22)15(8-12(21)2)13-5-6-16(19)17(20)9-13/h5-6,9,12,14-15,22H,3-4,7-8,10-11H2,1-2H3/t12-,14+,15+/m0/s1. The SMILES string of the molecule is CCCCOC(=O)N1C[C@H](CO)[C@@H](c2ccc(F)c(F)c2)C[C@@H]1C. The fourth-order valence-corrected chi connectivity index (χ4v) is 3.22. The number of aliphatic hydroxyl groups is 1. The summed E-state index contributed by atoms with van der Waals surface area (Å²) in [5, 5.41) is 9.70. The summed E-state index contributed by atoms with van der Waals surface area (Å²) in [4.78, 5) is 13.8. The molecule has 0 bridgehead atoms. The lowest BCUT2D eigenvalue weighted by Gasteiger charge is -2.42. The largest absolute Gasteiger partial charge is 0.449 e. The number of likely N-dealkylation sites (tertiary alicyclic amines) is 1. The first-order chi connectivity index (χ1) is 11.5. The number of carbonyl (C=O) groups excluding carboxylic acids is 1. The zero-order valence-corrected chi connectivity index (χ0v) is 14.2. The van der Waals surface area contributed by atoms with Crippen molar-refractivity contribution in [3.63, 3.8) is 0 Å². The summed E-state index contributed by atoms with van der Waals surface area (Å²) in [5.41, 5.74) is 0.652. The lowest BCUT2D eigenvalue weighted by Crippen LogP contribution is -2.49. The molecule has 0 aliphatic carbocycles. The normalized spacial score (nSPS) is 24.0. The van der Waals surface area contributed by atoms with Crippen LogP contribution in [-0.2, 0) is 4.74 Å². The van der Waals surface area contributed by atoms with Crippen molar-refractivity contribution in [3.05, 3.63) is 35.4 Å². The lowest BCUT2D eigenvalue weighted by molar-refractivity contribution is 0.0418. The minimum absolute atomic E-state index is 0.0972. The van der Waals surface area contributed by atoms with Gasteiger partial charge in [0.2, 0.25) is 0 Å². The van der Waals surface area contributed by atoms with Crippen molar-refractivity contribution >= 4 is 6.09 Å². The second-order valence-electron chi connectivity index (χ2n) is 6.43. The summed E-state index contributed by atoms with van der Waals surface area (Å²) < 4.78 is 31.9. The van der Waals surface area contributed by atoms with E-state index in [1.807, 2.05) is 13.8 Å². The quantitative estimate of drug-likeness (QED) is 0.831. The maximum absolute atomic E-state index is 13.5. The van der Waals surface area contributed by atoms with Crippen molar-refractivity contribution in [2.45, 2.75) is 45.1 Å². The fraction of sp³-hybridized carbons (Fsp3) is 0.611. The van der Waals surface area contributed by atoms with Crippen LogP contribution in [0.2, 0.25) is 0 Å². The van der Waals surface area contributed by atoms with Crippen LogP contribution in [0.4, 0.5) is 13.6 Å². The maximum Gasteiger partial charge on any atom is 0.410 e. The first-order valence-electron chi connectivity index (χ1n) is 8.47. The van der Waals surface area contributed by atoms with Gasteiger partial charge in [0.25, 0.3) is 0 Å². The van der Waals surface area contributed by atoms with Gasteiger partial charge in [-0.05, 0) is 43.4 Å². The molecule has 24 heavy (non-hydrogen) atoms. The summed E-state index contributed by atoms with van der Waals surface area (Å²) >= 11 is 0. The highest BCUT2D eigenvalue weighted by Crippen LogP contribution is 2.36. The van der Waals surface area contributed by atoms with E-state index in [4.69, 9.17) is 4.74 Å². The number of amides is 1. The third kappa shape index (κ3) is 4.23.